The molecule has 0 saturated heterocycles. The number of ether oxygens (including phenoxy) is 2. The fourth-order valence-electron chi connectivity index (χ4n) is 2.70. The van der Waals surface area contributed by atoms with Gasteiger partial charge in [0.05, 0.1) is 18.6 Å². The molecule has 3 rings (SSSR count). The van der Waals surface area contributed by atoms with E-state index >= 15 is 0 Å². The molecule has 0 aliphatic heterocycles. The summed E-state index contributed by atoms with van der Waals surface area (Å²) in [6, 6.07) is 11.2. The molecule has 2 aromatic carbocycles. The Morgan fingerprint density at radius 2 is 1.96 bits per heavy atom. The number of benzene rings is 2. The standard InChI is InChI=1S/C19H21FN2O3/c1-4-24-12(2)15-9-10-16-18(17(15)20)25-22-19(16)21-11-13-5-7-14(23-3)8-6-13/h5-10,12H,4,11H2,1-3H3,(H,21,22). The highest BCUT2D eigenvalue weighted by molar-refractivity contribution is 5.89. The quantitative estimate of drug-likeness (QED) is 0.674. The van der Waals surface area contributed by atoms with Crippen LogP contribution in [0.5, 0.6) is 5.75 Å². The molecule has 0 spiro atoms. The average molecular weight is 344 g/mol. The molecular formula is C19H21FN2O3. The lowest BCUT2D eigenvalue weighted by molar-refractivity contribution is 0.0738. The molecule has 0 aliphatic rings. The van der Waals surface area contributed by atoms with Crippen molar-refractivity contribution in [2.24, 2.45) is 0 Å². The molecule has 1 atom stereocenters. The maximum Gasteiger partial charge on any atom is 0.205 e. The van der Waals surface area contributed by atoms with E-state index in [1.165, 1.54) is 0 Å². The number of anilines is 1. The number of hydrogen-bond donors (Lipinski definition) is 1. The first-order chi connectivity index (χ1) is 12.1. The van der Waals surface area contributed by atoms with Gasteiger partial charge in [0.25, 0.3) is 0 Å². The van der Waals surface area contributed by atoms with Crippen molar-refractivity contribution in [2.45, 2.75) is 26.5 Å². The lowest BCUT2D eigenvalue weighted by Crippen LogP contribution is -2.03. The van der Waals surface area contributed by atoms with Crippen LogP contribution in [0.4, 0.5) is 10.2 Å². The van der Waals surface area contributed by atoms with Crippen molar-refractivity contribution in [3.8, 4) is 5.75 Å². The molecule has 25 heavy (non-hydrogen) atoms. The van der Waals surface area contributed by atoms with Crippen LogP contribution in [0.3, 0.4) is 0 Å². The first-order valence-corrected chi connectivity index (χ1v) is 8.20. The van der Waals surface area contributed by atoms with Gasteiger partial charge in [-0.2, -0.15) is 0 Å². The Hall–Kier alpha value is -2.60. The molecule has 6 heteroatoms. The van der Waals surface area contributed by atoms with Crippen molar-refractivity contribution >= 4 is 16.8 Å². The van der Waals surface area contributed by atoms with Crippen LogP contribution in [0.1, 0.15) is 31.1 Å². The maximum absolute atomic E-state index is 14.6. The third kappa shape index (κ3) is 3.58. The number of fused-ring (bicyclic) bond motifs is 1. The Morgan fingerprint density at radius 3 is 2.64 bits per heavy atom. The summed E-state index contributed by atoms with van der Waals surface area (Å²) in [6.45, 7) is 4.75. The zero-order chi connectivity index (χ0) is 17.8. The molecule has 0 fully saturated rings. The van der Waals surface area contributed by atoms with E-state index in [0.29, 0.717) is 29.9 Å². The number of hydrogen-bond acceptors (Lipinski definition) is 5. The van der Waals surface area contributed by atoms with E-state index in [1.54, 1.807) is 19.2 Å². The Bertz CT molecular complexity index is 846. The minimum absolute atomic E-state index is 0.140. The molecular weight excluding hydrogens is 323 g/mol. The van der Waals surface area contributed by atoms with Gasteiger partial charge in [0, 0.05) is 18.7 Å². The monoisotopic (exact) mass is 344 g/mol. The fraction of sp³-hybridized carbons (Fsp3) is 0.316. The van der Waals surface area contributed by atoms with Crippen molar-refractivity contribution in [1.29, 1.82) is 0 Å². The number of rotatable bonds is 7. The second kappa shape index (κ2) is 7.53. The van der Waals surface area contributed by atoms with Gasteiger partial charge >= 0.3 is 0 Å². The Balaban J connectivity index is 1.79. The van der Waals surface area contributed by atoms with Crippen LogP contribution in [0.25, 0.3) is 11.0 Å². The lowest BCUT2D eigenvalue weighted by atomic mass is 10.1. The highest BCUT2D eigenvalue weighted by atomic mass is 19.1. The molecule has 0 aliphatic carbocycles. The van der Waals surface area contributed by atoms with Gasteiger partial charge in [0.15, 0.2) is 11.6 Å². The zero-order valence-corrected chi connectivity index (χ0v) is 14.5. The molecule has 1 N–H and O–H groups in total. The summed E-state index contributed by atoms with van der Waals surface area (Å²) in [5.74, 6) is 0.887. The molecule has 1 heterocycles. The van der Waals surface area contributed by atoms with E-state index < -0.39 is 5.82 Å². The molecule has 1 unspecified atom stereocenters. The Labute approximate surface area is 145 Å². The number of nitrogens with zero attached hydrogens (tertiary/aromatic N) is 1. The van der Waals surface area contributed by atoms with Gasteiger partial charge in [-0.05, 0) is 37.6 Å². The molecule has 0 bridgehead atoms. The average Bonchev–Trinajstić information content (AvgIpc) is 3.05. The molecule has 0 saturated carbocycles. The second-order valence-electron chi connectivity index (χ2n) is 5.68. The third-order valence-electron chi connectivity index (χ3n) is 4.08. The van der Waals surface area contributed by atoms with Gasteiger partial charge in [-0.25, -0.2) is 4.39 Å². The van der Waals surface area contributed by atoms with Crippen LogP contribution >= 0.6 is 0 Å². The SMILES string of the molecule is CCOC(C)c1ccc2c(NCc3ccc(OC)cc3)noc2c1F. The summed E-state index contributed by atoms with van der Waals surface area (Å²) in [7, 11) is 1.63. The van der Waals surface area contributed by atoms with Crippen LogP contribution < -0.4 is 10.1 Å². The van der Waals surface area contributed by atoms with Gasteiger partial charge in [0.2, 0.25) is 5.58 Å². The van der Waals surface area contributed by atoms with Gasteiger partial charge in [-0.15, -0.1) is 0 Å². The van der Waals surface area contributed by atoms with Crippen LogP contribution in [-0.2, 0) is 11.3 Å². The van der Waals surface area contributed by atoms with E-state index in [0.717, 1.165) is 11.3 Å². The first-order valence-electron chi connectivity index (χ1n) is 8.20. The third-order valence-corrected chi connectivity index (χ3v) is 4.08. The molecule has 132 valence electrons. The largest absolute Gasteiger partial charge is 0.497 e. The van der Waals surface area contributed by atoms with Crippen molar-refractivity contribution in [3.63, 3.8) is 0 Å². The summed E-state index contributed by atoms with van der Waals surface area (Å²) in [5, 5.41) is 7.75. The highest BCUT2D eigenvalue weighted by Crippen LogP contribution is 2.31. The minimum atomic E-state index is -0.427. The van der Waals surface area contributed by atoms with E-state index in [-0.39, 0.29) is 11.7 Å². The van der Waals surface area contributed by atoms with Crippen molar-refractivity contribution in [1.82, 2.24) is 5.16 Å². The summed E-state index contributed by atoms with van der Waals surface area (Å²) >= 11 is 0. The molecule has 0 amide bonds. The van der Waals surface area contributed by atoms with E-state index in [2.05, 4.69) is 10.5 Å². The summed E-state index contributed by atoms with van der Waals surface area (Å²) in [5.41, 5.74) is 1.66. The van der Waals surface area contributed by atoms with Gasteiger partial charge in [0.1, 0.15) is 5.75 Å². The van der Waals surface area contributed by atoms with Crippen molar-refractivity contribution in [2.75, 3.05) is 19.0 Å². The molecule has 3 aromatic rings. The van der Waals surface area contributed by atoms with Gasteiger partial charge in [-0.3, -0.25) is 0 Å². The van der Waals surface area contributed by atoms with E-state index in [1.807, 2.05) is 38.1 Å². The summed E-state index contributed by atoms with van der Waals surface area (Å²) < 4.78 is 30.5. The van der Waals surface area contributed by atoms with Gasteiger partial charge in [-0.1, -0.05) is 23.4 Å². The summed E-state index contributed by atoms with van der Waals surface area (Å²) in [6.07, 6.45) is -0.338. The van der Waals surface area contributed by atoms with Crippen LogP contribution in [0.15, 0.2) is 40.9 Å². The second-order valence-corrected chi connectivity index (χ2v) is 5.68. The maximum atomic E-state index is 14.6. The zero-order valence-electron chi connectivity index (χ0n) is 14.5. The Morgan fingerprint density at radius 1 is 1.20 bits per heavy atom. The van der Waals surface area contributed by atoms with Gasteiger partial charge < -0.3 is 19.3 Å². The van der Waals surface area contributed by atoms with E-state index in [9.17, 15) is 4.39 Å². The number of nitrogens with one attached hydrogen (secondary N) is 1. The van der Waals surface area contributed by atoms with Crippen molar-refractivity contribution in [3.05, 3.63) is 53.3 Å². The fourth-order valence-corrected chi connectivity index (χ4v) is 2.70. The smallest absolute Gasteiger partial charge is 0.205 e. The topological polar surface area (TPSA) is 56.5 Å². The van der Waals surface area contributed by atoms with Crippen LogP contribution in [0.2, 0.25) is 0 Å². The molecule has 0 radical (unpaired) electrons. The minimum Gasteiger partial charge on any atom is -0.497 e. The van der Waals surface area contributed by atoms with Crippen LogP contribution in [0, 0.1) is 5.82 Å². The van der Waals surface area contributed by atoms with E-state index in [4.69, 9.17) is 14.0 Å². The number of aromatic nitrogens is 1. The normalized spacial score (nSPS) is 12.3. The molecule has 1 aromatic heterocycles. The summed E-state index contributed by atoms with van der Waals surface area (Å²) in [4.78, 5) is 0. The van der Waals surface area contributed by atoms with Crippen LogP contribution in [-0.4, -0.2) is 18.9 Å². The Kier molecular flexibility index (Phi) is 5.19. The lowest BCUT2D eigenvalue weighted by Gasteiger charge is -2.12. The molecule has 5 nitrogen and oxygen atoms in total. The van der Waals surface area contributed by atoms with Crippen molar-refractivity contribution < 1.29 is 18.4 Å². The first kappa shape index (κ1) is 17.2. The predicted molar refractivity (Wildman–Crippen MR) is 94.3 cm³/mol. The predicted octanol–water partition coefficient (Wildman–Crippen LogP) is 4.69. The number of methoxy groups -OCH3 is 1. The highest BCUT2D eigenvalue weighted by Gasteiger charge is 2.19. The number of halogens is 1.